The molecule has 25 heavy (non-hydrogen) atoms. The number of aromatic nitrogens is 3. The summed E-state index contributed by atoms with van der Waals surface area (Å²) in [5.74, 6) is 0. The third-order valence-electron chi connectivity index (χ3n) is 3.85. The van der Waals surface area contributed by atoms with Crippen LogP contribution in [0.4, 0.5) is 0 Å². The lowest BCUT2D eigenvalue weighted by Gasteiger charge is -2.10. The monoisotopic (exact) mass is 343 g/mol. The second kappa shape index (κ2) is 6.83. The van der Waals surface area contributed by atoms with Crippen LogP contribution >= 0.6 is 11.6 Å². The Morgan fingerprint density at radius 1 is 0.640 bits per heavy atom. The predicted octanol–water partition coefficient (Wildman–Crippen LogP) is 5.53. The normalized spacial score (nSPS) is 10.6. The van der Waals surface area contributed by atoms with E-state index in [0.29, 0.717) is 5.02 Å². The summed E-state index contributed by atoms with van der Waals surface area (Å²) < 4.78 is 0. The highest BCUT2D eigenvalue weighted by Crippen LogP contribution is 2.31. The van der Waals surface area contributed by atoms with E-state index in [1.165, 1.54) is 0 Å². The lowest BCUT2D eigenvalue weighted by atomic mass is 10.0. The van der Waals surface area contributed by atoms with Crippen molar-refractivity contribution in [3.8, 4) is 33.9 Å². The molecule has 4 aromatic rings. The summed E-state index contributed by atoms with van der Waals surface area (Å²) in [4.78, 5) is 13.7. The van der Waals surface area contributed by atoms with Crippen molar-refractivity contribution >= 4 is 11.6 Å². The van der Waals surface area contributed by atoms with Crippen LogP contribution in [0.15, 0.2) is 85.2 Å². The Labute approximate surface area is 151 Å². The van der Waals surface area contributed by atoms with E-state index in [9.17, 15) is 0 Å². The standard InChI is InChI=1S/C21H14ClN3/c22-16-13-19(18-10-4-5-11-23-18)25-20(14-16)21-17(9-6-12-24-21)15-7-2-1-3-8-15/h1-14H. The number of hydrogen-bond donors (Lipinski definition) is 0. The molecule has 0 N–H and O–H groups in total. The Bertz CT molecular complexity index is 1000. The van der Waals surface area contributed by atoms with Crippen molar-refractivity contribution in [3.05, 3.63) is 90.2 Å². The molecule has 3 heterocycles. The Balaban J connectivity index is 1.88. The Morgan fingerprint density at radius 2 is 1.40 bits per heavy atom. The molecule has 120 valence electrons. The van der Waals surface area contributed by atoms with Gasteiger partial charge in [-0.25, -0.2) is 4.98 Å². The molecule has 0 bridgehead atoms. The zero-order valence-corrected chi connectivity index (χ0v) is 14.1. The van der Waals surface area contributed by atoms with Crippen molar-refractivity contribution in [3.63, 3.8) is 0 Å². The highest BCUT2D eigenvalue weighted by molar-refractivity contribution is 6.31. The van der Waals surface area contributed by atoms with E-state index in [1.807, 2.05) is 60.7 Å². The minimum absolute atomic E-state index is 0.607. The summed E-state index contributed by atoms with van der Waals surface area (Å²) >= 11 is 6.35. The number of halogens is 1. The van der Waals surface area contributed by atoms with Gasteiger partial charge in [0.25, 0.3) is 0 Å². The number of pyridine rings is 3. The molecule has 0 fully saturated rings. The molecule has 0 aliphatic heterocycles. The molecule has 4 heteroatoms. The topological polar surface area (TPSA) is 38.7 Å². The number of benzene rings is 1. The molecule has 0 atom stereocenters. The van der Waals surface area contributed by atoms with Crippen LogP contribution in [0.2, 0.25) is 5.02 Å². The molecule has 0 unspecified atom stereocenters. The highest BCUT2D eigenvalue weighted by Gasteiger charge is 2.12. The molecule has 3 aromatic heterocycles. The van der Waals surface area contributed by atoms with E-state index in [2.05, 4.69) is 22.1 Å². The van der Waals surface area contributed by atoms with E-state index < -0.39 is 0 Å². The van der Waals surface area contributed by atoms with Crippen molar-refractivity contribution in [2.75, 3.05) is 0 Å². The predicted molar refractivity (Wildman–Crippen MR) is 101 cm³/mol. The van der Waals surface area contributed by atoms with Crippen LogP contribution in [0.25, 0.3) is 33.9 Å². The van der Waals surface area contributed by atoms with Gasteiger partial charge in [-0.1, -0.05) is 54.1 Å². The maximum absolute atomic E-state index is 6.35. The lowest BCUT2D eigenvalue weighted by molar-refractivity contribution is 1.22. The van der Waals surface area contributed by atoms with Gasteiger partial charge in [0.15, 0.2) is 0 Å². The Morgan fingerprint density at radius 3 is 2.20 bits per heavy atom. The molecular formula is C21H14ClN3. The maximum Gasteiger partial charge on any atom is 0.0965 e. The van der Waals surface area contributed by atoms with Crippen LogP contribution in [0.5, 0.6) is 0 Å². The second-order valence-electron chi connectivity index (χ2n) is 5.54. The highest BCUT2D eigenvalue weighted by atomic mass is 35.5. The van der Waals surface area contributed by atoms with Gasteiger partial charge in [-0.15, -0.1) is 0 Å². The Kier molecular flexibility index (Phi) is 4.23. The smallest absolute Gasteiger partial charge is 0.0965 e. The summed E-state index contributed by atoms with van der Waals surface area (Å²) in [6, 6.07) is 23.5. The zero-order chi connectivity index (χ0) is 17.1. The summed E-state index contributed by atoms with van der Waals surface area (Å²) in [7, 11) is 0. The molecule has 0 saturated carbocycles. The third-order valence-corrected chi connectivity index (χ3v) is 4.07. The molecule has 0 radical (unpaired) electrons. The van der Waals surface area contributed by atoms with Crippen LogP contribution in [0, 0.1) is 0 Å². The molecular weight excluding hydrogens is 330 g/mol. The first-order chi connectivity index (χ1) is 12.3. The van der Waals surface area contributed by atoms with E-state index >= 15 is 0 Å². The largest absolute Gasteiger partial charge is 0.255 e. The number of hydrogen-bond acceptors (Lipinski definition) is 3. The summed E-state index contributed by atoms with van der Waals surface area (Å²) in [5, 5.41) is 0.607. The molecule has 3 nitrogen and oxygen atoms in total. The van der Waals surface area contributed by atoms with Crippen LogP contribution < -0.4 is 0 Å². The minimum atomic E-state index is 0.607. The average Bonchev–Trinajstić information content (AvgIpc) is 2.69. The fourth-order valence-corrected chi connectivity index (χ4v) is 2.93. The first-order valence-corrected chi connectivity index (χ1v) is 8.29. The lowest BCUT2D eigenvalue weighted by Crippen LogP contribution is -1.94. The third kappa shape index (κ3) is 3.28. The van der Waals surface area contributed by atoms with E-state index in [1.54, 1.807) is 12.4 Å². The first kappa shape index (κ1) is 15.5. The van der Waals surface area contributed by atoms with Crippen LogP contribution in [0.3, 0.4) is 0 Å². The fraction of sp³-hybridized carbons (Fsp3) is 0. The second-order valence-corrected chi connectivity index (χ2v) is 5.97. The SMILES string of the molecule is Clc1cc(-c2ccccn2)nc(-c2ncccc2-c2ccccc2)c1. The maximum atomic E-state index is 6.35. The van der Waals surface area contributed by atoms with Gasteiger partial charge in [-0.05, 0) is 35.9 Å². The molecule has 0 spiro atoms. The van der Waals surface area contributed by atoms with Gasteiger partial charge < -0.3 is 0 Å². The van der Waals surface area contributed by atoms with Crippen LogP contribution in [0.1, 0.15) is 0 Å². The van der Waals surface area contributed by atoms with Gasteiger partial charge in [0.05, 0.1) is 22.8 Å². The van der Waals surface area contributed by atoms with Crippen molar-refractivity contribution in [2.24, 2.45) is 0 Å². The quantitative estimate of drug-likeness (QED) is 0.491. The summed E-state index contributed by atoms with van der Waals surface area (Å²) in [6.07, 6.45) is 3.51. The number of rotatable bonds is 3. The van der Waals surface area contributed by atoms with Gasteiger partial charge in [0, 0.05) is 23.0 Å². The van der Waals surface area contributed by atoms with Gasteiger partial charge >= 0.3 is 0 Å². The van der Waals surface area contributed by atoms with Gasteiger partial charge in [-0.2, -0.15) is 0 Å². The summed E-state index contributed by atoms with van der Waals surface area (Å²) in [5.41, 5.74) is 5.15. The van der Waals surface area contributed by atoms with E-state index in [-0.39, 0.29) is 0 Å². The zero-order valence-electron chi connectivity index (χ0n) is 13.3. The first-order valence-electron chi connectivity index (χ1n) is 7.91. The summed E-state index contributed by atoms with van der Waals surface area (Å²) in [6.45, 7) is 0. The van der Waals surface area contributed by atoms with E-state index in [4.69, 9.17) is 16.6 Å². The van der Waals surface area contributed by atoms with Crippen molar-refractivity contribution in [1.29, 1.82) is 0 Å². The van der Waals surface area contributed by atoms with Crippen LogP contribution in [-0.2, 0) is 0 Å². The molecule has 0 amide bonds. The molecule has 0 aliphatic rings. The Hall–Kier alpha value is -3.04. The minimum Gasteiger partial charge on any atom is -0.255 e. The van der Waals surface area contributed by atoms with Gasteiger partial charge in [0.2, 0.25) is 0 Å². The fourth-order valence-electron chi connectivity index (χ4n) is 2.72. The van der Waals surface area contributed by atoms with Gasteiger partial charge in [0.1, 0.15) is 0 Å². The molecule has 1 aromatic carbocycles. The van der Waals surface area contributed by atoms with Crippen molar-refractivity contribution < 1.29 is 0 Å². The van der Waals surface area contributed by atoms with Crippen LogP contribution in [-0.4, -0.2) is 15.0 Å². The molecule has 0 saturated heterocycles. The van der Waals surface area contributed by atoms with Gasteiger partial charge in [-0.3, -0.25) is 9.97 Å². The van der Waals surface area contributed by atoms with E-state index in [0.717, 1.165) is 33.9 Å². The molecule has 4 rings (SSSR count). The van der Waals surface area contributed by atoms with Crippen molar-refractivity contribution in [1.82, 2.24) is 15.0 Å². The number of nitrogens with zero attached hydrogens (tertiary/aromatic N) is 3. The molecule has 0 aliphatic carbocycles. The van der Waals surface area contributed by atoms with Crippen molar-refractivity contribution in [2.45, 2.75) is 0 Å². The average molecular weight is 344 g/mol.